The predicted molar refractivity (Wildman–Crippen MR) is 154 cm³/mol. The third-order valence-electron chi connectivity index (χ3n) is 7.18. The Bertz CT molecular complexity index is 1230. The highest BCUT2D eigenvalue weighted by atomic mass is 35.5. The molecule has 0 radical (unpaired) electrons. The fourth-order valence-corrected chi connectivity index (χ4v) is 6.33. The van der Waals surface area contributed by atoms with Gasteiger partial charge in [0.25, 0.3) is 0 Å². The number of hydrogen-bond acceptors (Lipinski definition) is 4. The number of nitrogens with one attached hydrogen (secondary N) is 1. The van der Waals surface area contributed by atoms with E-state index in [4.69, 9.17) is 11.6 Å². The Kier molecular flexibility index (Phi) is 10.6. The highest BCUT2D eigenvalue weighted by Gasteiger charge is 2.31. The number of anilines is 1. The number of halogens is 1. The standard InChI is InChI=1S/C29H40ClN3O4S/c1-5-26(29(35)31-24-13-6-7-14-24)32(20-23-12-8-11-21(2)19-23)28(34)17-10-18-33(38(4,36)37)27-16-9-15-25(30)22(27)3/h8-9,11-12,15-16,19,24,26H,5-7,10,13-14,17-18,20H2,1-4H3,(H,31,35)/t26-/m1/s1. The average molecular weight is 562 g/mol. The fourth-order valence-electron chi connectivity index (χ4n) is 5.14. The van der Waals surface area contributed by atoms with Gasteiger partial charge in [-0.3, -0.25) is 13.9 Å². The summed E-state index contributed by atoms with van der Waals surface area (Å²) in [6.45, 7) is 6.15. The number of aryl methyl sites for hydroxylation is 1. The van der Waals surface area contributed by atoms with Crippen molar-refractivity contribution in [2.45, 2.75) is 84.3 Å². The number of benzene rings is 2. The van der Waals surface area contributed by atoms with E-state index in [1.54, 1.807) is 30.0 Å². The van der Waals surface area contributed by atoms with Gasteiger partial charge in [-0.25, -0.2) is 8.42 Å². The summed E-state index contributed by atoms with van der Waals surface area (Å²) in [5, 5.41) is 3.64. The minimum atomic E-state index is -3.59. The smallest absolute Gasteiger partial charge is 0.243 e. The van der Waals surface area contributed by atoms with Crippen molar-refractivity contribution in [3.05, 3.63) is 64.2 Å². The molecular weight excluding hydrogens is 522 g/mol. The summed E-state index contributed by atoms with van der Waals surface area (Å²) in [7, 11) is -3.59. The number of hydrogen-bond donors (Lipinski definition) is 1. The summed E-state index contributed by atoms with van der Waals surface area (Å²) in [6, 6.07) is 12.6. The number of amides is 2. The summed E-state index contributed by atoms with van der Waals surface area (Å²) in [5.41, 5.74) is 3.21. The Morgan fingerprint density at radius 3 is 2.42 bits per heavy atom. The van der Waals surface area contributed by atoms with Gasteiger partial charge in [0.1, 0.15) is 6.04 Å². The van der Waals surface area contributed by atoms with E-state index in [2.05, 4.69) is 5.32 Å². The molecule has 208 valence electrons. The van der Waals surface area contributed by atoms with Crippen LogP contribution in [0.4, 0.5) is 5.69 Å². The second-order valence-corrected chi connectivity index (χ2v) is 12.6. The molecule has 3 rings (SSSR count). The molecule has 1 atom stereocenters. The first-order valence-corrected chi connectivity index (χ1v) is 15.6. The first-order valence-electron chi connectivity index (χ1n) is 13.4. The summed E-state index contributed by atoms with van der Waals surface area (Å²) in [4.78, 5) is 28.6. The number of carbonyl (C=O) groups excluding carboxylic acids is 2. The molecule has 1 aliphatic carbocycles. The number of sulfonamides is 1. The SMILES string of the molecule is CC[C@H](C(=O)NC1CCCC1)N(Cc1cccc(C)c1)C(=O)CCCN(c1cccc(Cl)c1C)S(C)(=O)=O. The zero-order valence-electron chi connectivity index (χ0n) is 22.9. The molecule has 0 aliphatic heterocycles. The van der Waals surface area contributed by atoms with Gasteiger partial charge in [-0.15, -0.1) is 0 Å². The zero-order chi connectivity index (χ0) is 27.9. The Labute approximate surface area is 232 Å². The highest BCUT2D eigenvalue weighted by molar-refractivity contribution is 7.92. The molecule has 1 saturated carbocycles. The Hall–Kier alpha value is -2.58. The molecule has 0 bridgehead atoms. The van der Waals surface area contributed by atoms with E-state index in [1.165, 1.54) is 4.31 Å². The lowest BCUT2D eigenvalue weighted by molar-refractivity contribution is -0.141. The van der Waals surface area contributed by atoms with Crippen LogP contribution in [0.5, 0.6) is 0 Å². The van der Waals surface area contributed by atoms with Gasteiger partial charge in [0.05, 0.1) is 11.9 Å². The zero-order valence-corrected chi connectivity index (χ0v) is 24.4. The van der Waals surface area contributed by atoms with Crippen LogP contribution in [0, 0.1) is 13.8 Å². The van der Waals surface area contributed by atoms with E-state index in [9.17, 15) is 18.0 Å². The topological polar surface area (TPSA) is 86.8 Å². The van der Waals surface area contributed by atoms with Gasteiger partial charge >= 0.3 is 0 Å². The molecule has 1 N–H and O–H groups in total. The second-order valence-electron chi connectivity index (χ2n) is 10.2. The molecule has 0 saturated heterocycles. The monoisotopic (exact) mass is 561 g/mol. The van der Waals surface area contributed by atoms with Gasteiger partial charge < -0.3 is 10.2 Å². The first kappa shape index (κ1) is 30.0. The van der Waals surface area contributed by atoms with Gasteiger partial charge in [0.2, 0.25) is 21.8 Å². The molecule has 38 heavy (non-hydrogen) atoms. The summed E-state index contributed by atoms with van der Waals surface area (Å²) in [6.07, 6.45) is 6.23. The lowest BCUT2D eigenvalue weighted by atomic mass is 10.1. The van der Waals surface area contributed by atoms with E-state index < -0.39 is 16.1 Å². The largest absolute Gasteiger partial charge is 0.352 e. The lowest BCUT2D eigenvalue weighted by Crippen LogP contribution is -2.51. The van der Waals surface area contributed by atoms with Crippen molar-refractivity contribution in [3.63, 3.8) is 0 Å². The van der Waals surface area contributed by atoms with Crippen molar-refractivity contribution < 1.29 is 18.0 Å². The van der Waals surface area contributed by atoms with Crippen molar-refractivity contribution in [1.82, 2.24) is 10.2 Å². The highest BCUT2D eigenvalue weighted by Crippen LogP contribution is 2.28. The second kappa shape index (κ2) is 13.5. The van der Waals surface area contributed by atoms with Crippen molar-refractivity contribution in [3.8, 4) is 0 Å². The Morgan fingerprint density at radius 2 is 1.79 bits per heavy atom. The van der Waals surface area contributed by atoms with Crippen LogP contribution < -0.4 is 9.62 Å². The van der Waals surface area contributed by atoms with Crippen LogP contribution in [0.1, 0.15) is 68.6 Å². The molecule has 1 aliphatic rings. The van der Waals surface area contributed by atoms with Gasteiger partial charge in [-0.05, 0) is 62.8 Å². The molecule has 0 aromatic heterocycles. The maximum atomic E-state index is 13.6. The van der Waals surface area contributed by atoms with E-state index in [1.807, 2.05) is 38.1 Å². The average Bonchev–Trinajstić information content (AvgIpc) is 3.36. The number of nitrogens with zero attached hydrogens (tertiary/aromatic N) is 2. The van der Waals surface area contributed by atoms with Crippen LogP contribution in [-0.2, 0) is 26.2 Å². The van der Waals surface area contributed by atoms with E-state index in [-0.39, 0.29) is 30.8 Å². The fraction of sp³-hybridized carbons (Fsp3) is 0.517. The van der Waals surface area contributed by atoms with Crippen LogP contribution in [0.15, 0.2) is 42.5 Å². The lowest BCUT2D eigenvalue weighted by Gasteiger charge is -2.32. The van der Waals surface area contributed by atoms with Gasteiger partial charge in [0.15, 0.2) is 0 Å². The summed E-state index contributed by atoms with van der Waals surface area (Å²) in [5.74, 6) is -0.288. The molecule has 7 nitrogen and oxygen atoms in total. The maximum Gasteiger partial charge on any atom is 0.243 e. The van der Waals surface area contributed by atoms with Crippen LogP contribution >= 0.6 is 11.6 Å². The maximum absolute atomic E-state index is 13.6. The normalized spacial score (nSPS) is 14.8. The molecule has 0 spiro atoms. The van der Waals surface area contributed by atoms with E-state index in [0.29, 0.717) is 35.7 Å². The van der Waals surface area contributed by atoms with Gasteiger partial charge in [-0.2, -0.15) is 0 Å². The van der Waals surface area contributed by atoms with Gasteiger partial charge in [0, 0.05) is 30.6 Å². The molecular formula is C29H40ClN3O4S. The minimum Gasteiger partial charge on any atom is -0.352 e. The number of carbonyl (C=O) groups is 2. The Morgan fingerprint density at radius 1 is 1.11 bits per heavy atom. The van der Waals surface area contributed by atoms with E-state index in [0.717, 1.165) is 43.1 Å². The quantitative estimate of drug-likeness (QED) is 0.377. The van der Waals surface area contributed by atoms with Gasteiger partial charge in [-0.1, -0.05) is 67.3 Å². The molecule has 2 amide bonds. The summed E-state index contributed by atoms with van der Waals surface area (Å²) < 4.78 is 26.5. The van der Waals surface area contributed by atoms with Crippen LogP contribution in [-0.4, -0.2) is 50.0 Å². The molecule has 1 fully saturated rings. The summed E-state index contributed by atoms with van der Waals surface area (Å²) >= 11 is 6.24. The molecule has 2 aromatic rings. The third kappa shape index (κ3) is 7.96. The molecule has 0 heterocycles. The van der Waals surface area contributed by atoms with Crippen molar-refractivity contribution in [2.75, 3.05) is 17.1 Å². The number of rotatable bonds is 12. The van der Waals surface area contributed by atoms with Crippen LogP contribution in [0.25, 0.3) is 0 Å². The molecule has 9 heteroatoms. The van der Waals surface area contributed by atoms with Crippen LogP contribution in [0.3, 0.4) is 0 Å². The minimum absolute atomic E-state index is 0.116. The predicted octanol–water partition coefficient (Wildman–Crippen LogP) is 5.37. The van der Waals surface area contributed by atoms with E-state index >= 15 is 0 Å². The van der Waals surface area contributed by atoms with Crippen LogP contribution in [0.2, 0.25) is 5.02 Å². The Balaban J connectivity index is 1.78. The van der Waals surface area contributed by atoms with Crippen molar-refractivity contribution >= 4 is 39.1 Å². The first-order chi connectivity index (χ1) is 18.0. The van der Waals surface area contributed by atoms with Crippen molar-refractivity contribution in [2.24, 2.45) is 0 Å². The third-order valence-corrected chi connectivity index (χ3v) is 8.77. The van der Waals surface area contributed by atoms with Crippen molar-refractivity contribution in [1.29, 1.82) is 0 Å². The molecule has 2 aromatic carbocycles. The molecule has 0 unspecified atom stereocenters.